The molecule has 2 aromatic carbocycles. The quantitative estimate of drug-likeness (QED) is 0.664. The Labute approximate surface area is 121 Å². The third-order valence-electron chi connectivity index (χ3n) is 3.45. The number of hydrogen-bond acceptors (Lipinski definition) is 3. The van der Waals surface area contributed by atoms with Crippen LogP contribution in [0.2, 0.25) is 5.02 Å². The van der Waals surface area contributed by atoms with E-state index in [-0.39, 0.29) is 12.2 Å². The fourth-order valence-electron chi connectivity index (χ4n) is 2.35. The summed E-state index contributed by atoms with van der Waals surface area (Å²) in [6, 6.07) is 15.6. The highest BCUT2D eigenvalue weighted by Crippen LogP contribution is 2.50. The number of nitrogens with zero attached hydrogens (tertiary/aromatic N) is 2. The summed E-state index contributed by atoms with van der Waals surface area (Å²) in [7, 11) is 0. The molecule has 3 nitrogen and oxygen atoms in total. The lowest BCUT2D eigenvalue weighted by Gasteiger charge is -1.99. The molecule has 0 spiro atoms. The zero-order valence-electron chi connectivity index (χ0n) is 10.5. The largest absolute Gasteiger partial charge is 0.358 e. The number of hydrogen-bond donors (Lipinski definition) is 0. The highest BCUT2D eigenvalue weighted by molar-refractivity contribution is 6.30. The summed E-state index contributed by atoms with van der Waals surface area (Å²) in [6.45, 7) is 0. The van der Waals surface area contributed by atoms with Crippen LogP contribution in [0.4, 0.5) is 0 Å². The highest BCUT2D eigenvalue weighted by Gasteiger charge is 2.42. The van der Waals surface area contributed by atoms with E-state index in [4.69, 9.17) is 16.3 Å². The van der Waals surface area contributed by atoms with E-state index in [1.54, 1.807) is 6.20 Å². The lowest BCUT2D eigenvalue weighted by Crippen LogP contribution is -1.92. The maximum atomic E-state index is 5.89. The van der Waals surface area contributed by atoms with Crippen molar-refractivity contribution >= 4 is 22.6 Å². The zero-order chi connectivity index (χ0) is 13.5. The van der Waals surface area contributed by atoms with Gasteiger partial charge < -0.3 is 4.74 Å². The number of para-hydroxylation sites is 2. The van der Waals surface area contributed by atoms with Gasteiger partial charge in [-0.1, -0.05) is 35.9 Å². The predicted molar refractivity (Wildman–Crippen MR) is 77.6 cm³/mol. The minimum Gasteiger partial charge on any atom is -0.358 e. The van der Waals surface area contributed by atoms with E-state index in [1.165, 1.54) is 0 Å². The second-order valence-corrected chi connectivity index (χ2v) is 5.25. The van der Waals surface area contributed by atoms with Crippen molar-refractivity contribution in [1.82, 2.24) is 9.97 Å². The van der Waals surface area contributed by atoms with Crippen LogP contribution in [0.5, 0.6) is 0 Å². The number of fused-ring (bicyclic) bond motifs is 1. The van der Waals surface area contributed by atoms with Crippen LogP contribution in [-0.4, -0.2) is 9.97 Å². The Morgan fingerprint density at radius 1 is 0.900 bits per heavy atom. The van der Waals surface area contributed by atoms with Crippen molar-refractivity contribution in [2.75, 3.05) is 0 Å². The maximum absolute atomic E-state index is 5.89. The molecule has 1 fully saturated rings. The molecule has 1 saturated heterocycles. The molecule has 0 unspecified atom stereocenters. The smallest absolute Gasteiger partial charge is 0.132 e. The molecule has 2 heterocycles. The molecular formula is C16H11ClN2O. The average Bonchev–Trinajstić information content (AvgIpc) is 3.28. The van der Waals surface area contributed by atoms with Gasteiger partial charge in [0.25, 0.3) is 0 Å². The van der Waals surface area contributed by atoms with Crippen molar-refractivity contribution in [2.24, 2.45) is 0 Å². The van der Waals surface area contributed by atoms with Crippen molar-refractivity contribution < 1.29 is 4.74 Å². The molecule has 98 valence electrons. The number of aromatic nitrogens is 2. The molecule has 20 heavy (non-hydrogen) atoms. The van der Waals surface area contributed by atoms with Crippen LogP contribution in [0.25, 0.3) is 11.0 Å². The van der Waals surface area contributed by atoms with Crippen LogP contribution in [0, 0.1) is 0 Å². The summed E-state index contributed by atoms with van der Waals surface area (Å²) in [5, 5.41) is 0.733. The molecule has 0 saturated carbocycles. The summed E-state index contributed by atoms with van der Waals surface area (Å²) >= 11 is 5.89. The van der Waals surface area contributed by atoms with Crippen molar-refractivity contribution in [2.45, 2.75) is 12.2 Å². The normalized spacial score (nSPS) is 21.1. The SMILES string of the molecule is Clc1ccc([C@@H]2O[C@H]2c2cnc3ccccc3n2)cc1. The van der Waals surface area contributed by atoms with Gasteiger partial charge in [0, 0.05) is 5.02 Å². The Balaban J connectivity index is 1.63. The van der Waals surface area contributed by atoms with Gasteiger partial charge in [-0.15, -0.1) is 0 Å². The minimum absolute atomic E-state index is 0.00622. The molecule has 1 aromatic heterocycles. The molecule has 0 aliphatic carbocycles. The number of rotatable bonds is 2. The second-order valence-electron chi connectivity index (χ2n) is 4.81. The topological polar surface area (TPSA) is 38.3 Å². The van der Waals surface area contributed by atoms with E-state index < -0.39 is 0 Å². The van der Waals surface area contributed by atoms with Crippen LogP contribution in [-0.2, 0) is 4.74 Å². The van der Waals surface area contributed by atoms with Gasteiger partial charge >= 0.3 is 0 Å². The van der Waals surface area contributed by atoms with Crippen molar-refractivity contribution in [1.29, 1.82) is 0 Å². The minimum atomic E-state index is -0.00622. The molecule has 1 aliphatic rings. The molecule has 1 aliphatic heterocycles. The number of ether oxygens (including phenoxy) is 1. The van der Waals surface area contributed by atoms with Gasteiger partial charge in [0.1, 0.15) is 12.2 Å². The maximum Gasteiger partial charge on any atom is 0.132 e. The van der Waals surface area contributed by atoms with E-state index in [1.807, 2.05) is 48.5 Å². The van der Waals surface area contributed by atoms with Crippen LogP contribution in [0.3, 0.4) is 0 Å². The number of benzene rings is 2. The molecule has 0 amide bonds. The Morgan fingerprint density at radius 2 is 1.65 bits per heavy atom. The third kappa shape index (κ3) is 2.05. The summed E-state index contributed by atoms with van der Waals surface area (Å²) in [4.78, 5) is 9.04. The van der Waals surface area contributed by atoms with Gasteiger partial charge in [0.15, 0.2) is 0 Å². The molecule has 0 N–H and O–H groups in total. The molecule has 3 aromatic rings. The number of halogens is 1. The highest BCUT2D eigenvalue weighted by atomic mass is 35.5. The first-order chi connectivity index (χ1) is 9.81. The molecule has 2 atom stereocenters. The van der Waals surface area contributed by atoms with Gasteiger partial charge in [0.2, 0.25) is 0 Å². The zero-order valence-corrected chi connectivity index (χ0v) is 11.3. The summed E-state index contributed by atoms with van der Waals surface area (Å²) < 4.78 is 5.73. The second kappa shape index (κ2) is 4.54. The molecular weight excluding hydrogens is 272 g/mol. The lowest BCUT2D eigenvalue weighted by atomic mass is 10.1. The Hall–Kier alpha value is -1.97. The summed E-state index contributed by atoms with van der Waals surface area (Å²) in [5.41, 5.74) is 3.80. The molecule has 0 radical (unpaired) electrons. The first-order valence-electron chi connectivity index (χ1n) is 6.44. The van der Waals surface area contributed by atoms with Crippen molar-refractivity contribution in [3.8, 4) is 0 Å². The third-order valence-corrected chi connectivity index (χ3v) is 3.70. The fourth-order valence-corrected chi connectivity index (χ4v) is 2.48. The van der Waals surface area contributed by atoms with Crippen LogP contribution < -0.4 is 0 Å². The first kappa shape index (κ1) is 11.8. The van der Waals surface area contributed by atoms with Gasteiger partial charge in [-0.05, 0) is 29.8 Å². The summed E-state index contributed by atoms with van der Waals surface area (Å²) in [6.07, 6.45) is 1.85. The van der Waals surface area contributed by atoms with Crippen molar-refractivity contribution in [3.05, 3.63) is 71.0 Å². The van der Waals surface area contributed by atoms with E-state index in [0.717, 1.165) is 27.3 Å². The average molecular weight is 283 g/mol. The van der Waals surface area contributed by atoms with E-state index in [9.17, 15) is 0 Å². The molecule has 4 heteroatoms. The molecule has 0 bridgehead atoms. The van der Waals surface area contributed by atoms with Crippen LogP contribution in [0.15, 0.2) is 54.7 Å². The van der Waals surface area contributed by atoms with E-state index in [0.29, 0.717) is 0 Å². The van der Waals surface area contributed by atoms with E-state index >= 15 is 0 Å². The predicted octanol–water partition coefficient (Wildman–Crippen LogP) is 4.10. The lowest BCUT2D eigenvalue weighted by molar-refractivity contribution is 0.375. The van der Waals surface area contributed by atoms with E-state index in [2.05, 4.69) is 9.97 Å². The van der Waals surface area contributed by atoms with Gasteiger partial charge in [0.05, 0.1) is 22.9 Å². The Morgan fingerprint density at radius 3 is 2.45 bits per heavy atom. The monoisotopic (exact) mass is 282 g/mol. The Kier molecular flexibility index (Phi) is 2.69. The van der Waals surface area contributed by atoms with Gasteiger partial charge in [-0.3, -0.25) is 4.98 Å². The number of epoxide rings is 1. The van der Waals surface area contributed by atoms with Gasteiger partial charge in [-0.25, -0.2) is 4.98 Å². The first-order valence-corrected chi connectivity index (χ1v) is 6.82. The fraction of sp³-hybridized carbons (Fsp3) is 0.125. The van der Waals surface area contributed by atoms with Crippen LogP contribution in [0.1, 0.15) is 23.5 Å². The molecule has 4 rings (SSSR count). The summed E-state index contributed by atoms with van der Waals surface area (Å²) in [5.74, 6) is 0. The standard InChI is InChI=1S/C16H11ClN2O/c17-11-7-5-10(6-8-11)15-16(20-15)14-9-18-12-3-1-2-4-13(12)19-14/h1-9,15-16H/t15-,16-/m0/s1. The van der Waals surface area contributed by atoms with Crippen molar-refractivity contribution in [3.63, 3.8) is 0 Å². The van der Waals surface area contributed by atoms with Crippen LogP contribution >= 0.6 is 11.6 Å². The Bertz CT molecular complexity index is 773. The van der Waals surface area contributed by atoms with Gasteiger partial charge in [-0.2, -0.15) is 0 Å².